The predicted molar refractivity (Wildman–Crippen MR) is 91.0 cm³/mol. The van der Waals surface area contributed by atoms with Crippen molar-refractivity contribution >= 4 is 33.1 Å². The molecular formula is C17H15N3O2S. The van der Waals surface area contributed by atoms with Gasteiger partial charge in [-0.1, -0.05) is 18.2 Å². The number of hydrogen-bond donors (Lipinski definition) is 2. The van der Waals surface area contributed by atoms with Gasteiger partial charge in [0, 0.05) is 10.6 Å². The van der Waals surface area contributed by atoms with E-state index in [4.69, 9.17) is 0 Å². The fraction of sp³-hybridized carbons (Fsp3) is 0.235. The van der Waals surface area contributed by atoms with Crippen LogP contribution in [0.25, 0.3) is 10.2 Å². The minimum atomic E-state index is -0.192. The molecule has 0 spiro atoms. The predicted octanol–water partition coefficient (Wildman–Crippen LogP) is 2.65. The van der Waals surface area contributed by atoms with Crippen molar-refractivity contribution < 1.29 is 4.79 Å². The van der Waals surface area contributed by atoms with E-state index in [2.05, 4.69) is 15.3 Å². The first-order valence-electron chi connectivity index (χ1n) is 7.59. The Kier molecular flexibility index (Phi) is 3.46. The second kappa shape index (κ2) is 5.62. The first-order valence-corrected chi connectivity index (χ1v) is 8.41. The third-order valence-corrected chi connectivity index (χ3v) is 5.20. The Labute approximate surface area is 136 Å². The molecule has 6 heteroatoms. The van der Waals surface area contributed by atoms with Gasteiger partial charge in [-0.2, -0.15) is 0 Å². The fourth-order valence-corrected chi connectivity index (χ4v) is 4.29. The van der Waals surface area contributed by atoms with Gasteiger partial charge in [0.25, 0.3) is 5.56 Å². The lowest BCUT2D eigenvalue weighted by Crippen LogP contribution is -2.19. The number of H-pyrrole nitrogens is 1. The van der Waals surface area contributed by atoms with Crippen LogP contribution in [0.3, 0.4) is 0 Å². The molecule has 23 heavy (non-hydrogen) atoms. The summed E-state index contributed by atoms with van der Waals surface area (Å²) < 4.78 is 0. The molecule has 1 aliphatic rings. The van der Waals surface area contributed by atoms with Crippen LogP contribution in [0.2, 0.25) is 0 Å². The number of fused-ring (bicyclic) bond motifs is 3. The summed E-state index contributed by atoms with van der Waals surface area (Å²) in [5.41, 5.74) is 1.76. The molecule has 4 rings (SSSR count). The second-order valence-corrected chi connectivity index (χ2v) is 6.72. The van der Waals surface area contributed by atoms with Gasteiger partial charge < -0.3 is 10.3 Å². The van der Waals surface area contributed by atoms with Crippen molar-refractivity contribution in [3.63, 3.8) is 0 Å². The minimum absolute atomic E-state index is 0.0582. The van der Waals surface area contributed by atoms with E-state index in [0.717, 1.165) is 40.7 Å². The van der Waals surface area contributed by atoms with Crippen LogP contribution in [-0.2, 0) is 24.1 Å². The quantitative estimate of drug-likeness (QED) is 0.777. The summed E-state index contributed by atoms with van der Waals surface area (Å²) in [5.74, 6) is 0.221. The molecule has 116 valence electrons. The maximum Gasteiger partial charge on any atom is 0.259 e. The van der Waals surface area contributed by atoms with Crippen molar-refractivity contribution in [2.45, 2.75) is 25.7 Å². The van der Waals surface area contributed by atoms with Crippen LogP contribution in [0.4, 0.5) is 5.69 Å². The third kappa shape index (κ3) is 2.66. The molecular weight excluding hydrogens is 310 g/mol. The van der Waals surface area contributed by atoms with Crippen molar-refractivity contribution in [3.8, 4) is 0 Å². The summed E-state index contributed by atoms with van der Waals surface area (Å²) >= 11 is 1.58. The fourth-order valence-electron chi connectivity index (χ4n) is 3.01. The maximum atomic E-state index is 12.3. The number of anilines is 1. The number of carbonyl (C=O) groups is 1. The molecule has 0 aliphatic heterocycles. The highest BCUT2D eigenvalue weighted by molar-refractivity contribution is 7.18. The lowest BCUT2D eigenvalue weighted by molar-refractivity contribution is -0.115. The Morgan fingerprint density at radius 2 is 2.09 bits per heavy atom. The zero-order valence-electron chi connectivity index (χ0n) is 12.4. The Morgan fingerprint density at radius 1 is 1.26 bits per heavy atom. The number of aromatic amines is 1. The van der Waals surface area contributed by atoms with Crippen LogP contribution in [0.1, 0.15) is 22.7 Å². The number of nitrogens with one attached hydrogen (secondary N) is 2. The van der Waals surface area contributed by atoms with Gasteiger partial charge in [-0.3, -0.25) is 9.59 Å². The summed E-state index contributed by atoms with van der Waals surface area (Å²) in [6, 6.07) is 9.24. The number of rotatable bonds is 3. The van der Waals surface area contributed by atoms with Crippen molar-refractivity contribution in [2.24, 2.45) is 0 Å². The molecule has 0 saturated heterocycles. The Balaban J connectivity index is 1.60. The van der Waals surface area contributed by atoms with Crippen LogP contribution in [0, 0.1) is 0 Å². The van der Waals surface area contributed by atoms with Gasteiger partial charge in [-0.15, -0.1) is 11.3 Å². The van der Waals surface area contributed by atoms with Crippen LogP contribution in [-0.4, -0.2) is 15.9 Å². The zero-order valence-corrected chi connectivity index (χ0v) is 13.2. The standard InChI is InChI=1S/C17H15N3O2S/c21-14(18-10-5-2-1-3-6-10)9-13-19-16(22)15-11-7-4-8-12(11)23-17(15)20-13/h1-3,5-6H,4,7-9H2,(H,18,21)(H,19,20,22). The van der Waals surface area contributed by atoms with Gasteiger partial charge in [-0.25, -0.2) is 4.98 Å². The Bertz CT molecular complexity index is 944. The van der Waals surface area contributed by atoms with Crippen molar-refractivity contribution in [1.82, 2.24) is 9.97 Å². The Hall–Kier alpha value is -2.47. The smallest absolute Gasteiger partial charge is 0.259 e. The topological polar surface area (TPSA) is 74.8 Å². The van der Waals surface area contributed by atoms with E-state index >= 15 is 0 Å². The van der Waals surface area contributed by atoms with E-state index in [9.17, 15) is 9.59 Å². The number of nitrogens with zero attached hydrogens (tertiary/aromatic N) is 1. The van der Waals surface area contributed by atoms with E-state index in [1.54, 1.807) is 11.3 Å². The molecule has 0 saturated carbocycles. The second-order valence-electron chi connectivity index (χ2n) is 5.64. The average molecular weight is 325 g/mol. The normalized spacial score (nSPS) is 13.2. The van der Waals surface area contributed by atoms with E-state index < -0.39 is 0 Å². The van der Waals surface area contributed by atoms with Gasteiger partial charge in [0.05, 0.1) is 11.8 Å². The molecule has 1 aromatic carbocycles. The van der Waals surface area contributed by atoms with Crippen molar-refractivity contribution in [3.05, 3.63) is 57.0 Å². The van der Waals surface area contributed by atoms with Gasteiger partial charge in [0.15, 0.2) is 0 Å². The summed E-state index contributed by atoms with van der Waals surface area (Å²) in [7, 11) is 0. The molecule has 2 N–H and O–H groups in total. The highest BCUT2D eigenvalue weighted by Gasteiger charge is 2.21. The number of hydrogen-bond acceptors (Lipinski definition) is 4. The minimum Gasteiger partial charge on any atom is -0.326 e. The Morgan fingerprint density at radius 3 is 2.91 bits per heavy atom. The van der Waals surface area contributed by atoms with Crippen molar-refractivity contribution in [1.29, 1.82) is 0 Å². The van der Waals surface area contributed by atoms with Gasteiger partial charge in [0.1, 0.15) is 10.7 Å². The number of para-hydroxylation sites is 1. The molecule has 0 radical (unpaired) electrons. The number of aryl methyl sites for hydroxylation is 2. The summed E-state index contributed by atoms with van der Waals surface area (Å²) in [5, 5.41) is 3.52. The molecule has 2 aromatic heterocycles. The summed E-state index contributed by atoms with van der Waals surface area (Å²) in [6.07, 6.45) is 3.15. The first kappa shape index (κ1) is 14.1. The molecule has 1 amide bonds. The molecule has 0 atom stereocenters. The summed E-state index contributed by atoms with van der Waals surface area (Å²) in [6.45, 7) is 0. The molecule has 1 aliphatic carbocycles. The average Bonchev–Trinajstić information content (AvgIpc) is 3.08. The van der Waals surface area contributed by atoms with Crippen LogP contribution < -0.4 is 10.9 Å². The number of thiophene rings is 1. The lowest BCUT2D eigenvalue weighted by atomic mass is 10.2. The number of aromatic nitrogens is 2. The van der Waals surface area contributed by atoms with E-state index in [0.29, 0.717) is 5.82 Å². The van der Waals surface area contributed by atoms with Crippen molar-refractivity contribution in [2.75, 3.05) is 5.32 Å². The first-order chi connectivity index (χ1) is 11.2. The highest BCUT2D eigenvalue weighted by Crippen LogP contribution is 2.34. The van der Waals surface area contributed by atoms with Crippen LogP contribution >= 0.6 is 11.3 Å². The molecule has 5 nitrogen and oxygen atoms in total. The molecule has 3 aromatic rings. The number of amides is 1. The number of benzene rings is 1. The zero-order chi connectivity index (χ0) is 15.8. The third-order valence-electron chi connectivity index (χ3n) is 4.01. The van der Waals surface area contributed by atoms with Gasteiger partial charge in [-0.05, 0) is 37.0 Å². The summed E-state index contributed by atoms with van der Waals surface area (Å²) in [4.78, 5) is 33.7. The van der Waals surface area contributed by atoms with Crippen LogP contribution in [0.15, 0.2) is 35.1 Å². The van der Waals surface area contributed by atoms with Gasteiger partial charge in [0.2, 0.25) is 5.91 Å². The molecule has 0 fully saturated rings. The van der Waals surface area contributed by atoms with E-state index in [1.807, 2.05) is 30.3 Å². The van der Waals surface area contributed by atoms with E-state index in [-0.39, 0.29) is 17.9 Å². The largest absolute Gasteiger partial charge is 0.326 e. The highest BCUT2D eigenvalue weighted by atomic mass is 32.1. The SMILES string of the molecule is O=C(Cc1nc2sc3c(c2c(=O)[nH]1)CCC3)Nc1ccccc1. The monoisotopic (exact) mass is 325 g/mol. The molecule has 0 unspecified atom stereocenters. The molecule has 2 heterocycles. The van der Waals surface area contributed by atoms with E-state index in [1.165, 1.54) is 4.88 Å². The maximum absolute atomic E-state index is 12.3. The molecule has 0 bridgehead atoms. The lowest BCUT2D eigenvalue weighted by Gasteiger charge is -2.04. The van der Waals surface area contributed by atoms with Crippen LogP contribution in [0.5, 0.6) is 0 Å². The number of carbonyl (C=O) groups excluding carboxylic acids is 1. The van der Waals surface area contributed by atoms with Gasteiger partial charge >= 0.3 is 0 Å².